The van der Waals surface area contributed by atoms with Gasteiger partial charge in [-0.25, -0.2) is 4.39 Å². The minimum Gasteiger partial charge on any atom is -0.378 e. The Labute approximate surface area is 143 Å². The van der Waals surface area contributed by atoms with Crippen LogP contribution >= 0.6 is 0 Å². The van der Waals surface area contributed by atoms with Crippen molar-refractivity contribution >= 4 is 5.91 Å². The molecule has 128 valence electrons. The summed E-state index contributed by atoms with van der Waals surface area (Å²) in [5.41, 5.74) is 0.955. The summed E-state index contributed by atoms with van der Waals surface area (Å²) in [5, 5.41) is 16.5. The SMILES string of the molecule is CC(NC(=O)C(O)c1ccccc1)c1nc(-c2cccc(F)c2)no1. The number of hydrogen-bond acceptors (Lipinski definition) is 5. The molecule has 7 heteroatoms. The number of aromatic nitrogens is 2. The van der Waals surface area contributed by atoms with Gasteiger partial charge in [0.2, 0.25) is 11.7 Å². The zero-order valence-electron chi connectivity index (χ0n) is 13.4. The van der Waals surface area contributed by atoms with Crippen LogP contribution in [0, 0.1) is 5.82 Å². The number of aliphatic hydroxyl groups is 1. The molecule has 25 heavy (non-hydrogen) atoms. The van der Waals surface area contributed by atoms with Crippen LogP contribution in [0.1, 0.15) is 30.5 Å². The molecule has 1 aromatic heterocycles. The fraction of sp³-hybridized carbons (Fsp3) is 0.167. The zero-order chi connectivity index (χ0) is 17.8. The number of rotatable bonds is 5. The van der Waals surface area contributed by atoms with Gasteiger partial charge >= 0.3 is 0 Å². The molecule has 1 heterocycles. The number of carbonyl (C=O) groups is 1. The molecule has 2 N–H and O–H groups in total. The number of carbonyl (C=O) groups excluding carboxylic acids is 1. The molecule has 0 bridgehead atoms. The van der Waals surface area contributed by atoms with Crippen LogP contribution in [0.25, 0.3) is 11.4 Å². The highest BCUT2D eigenvalue weighted by atomic mass is 19.1. The lowest BCUT2D eigenvalue weighted by molar-refractivity contribution is -0.130. The maximum atomic E-state index is 13.3. The second kappa shape index (κ2) is 7.23. The topological polar surface area (TPSA) is 88.2 Å². The number of aliphatic hydroxyl groups excluding tert-OH is 1. The third kappa shape index (κ3) is 3.89. The summed E-state index contributed by atoms with van der Waals surface area (Å²) in [6.07, 6.45) is -1.30. The van der Waals surface area contributed by atoms with Crippen molar-refractivity contribution in [3.05, 3.63) is 71.9 Å². The molecule has 3 rings (SSSR count). The summed E-state index contributed by atoms with van der Waals surface area (Å²) in [6, 6.07) is 13.8. The van der Waals surface area contributed by atoms with Crippen LogP contribution < -0.4 is 5.32 Å². The first-order valence-electron chi connectivity index (χ1n) is 7.67. The number of hydrogen-bond donors (Lipinski definition) is 2. The van der Waals surface area contributed by atoms with E-state index in [4.69, 9.17) is 4.52 Å². The largest absolute Gasteiger partial charge is 0.378 e. The normalized spacial score (nSPS) is 13.2. The van der Waals surface area contributed by atoms with Gasteiger partial charge in [-0.05, 0) is 24.6 Å². The molecule has 0 spiro atoms. The van der Waals surface area contributed by atoms with Crippen molar-refractivity contribution in [2.24, 2.45) is 0 Å². The standard InChI is InChI=1S/C18H16FN3O3/c1-11(20-17(24)15(23)12-6-3-2-4-7-12)18-21-16(22-25-18)13-8-5-9-14(19)10-13/h2-11,15,23H,1H3,(H,20,24). The lowest BCUT2D eigenvalue weighted by atomic mass is 10.1. The molecule has 0 saturated carbocycles. The Balaban J connectivity index is 1.69. The highest BCUT2D eigenvalue weighted by Crippen LogP contribution is 2.20. The molecule has 0 radical (unpaired) electrons. The zero-order valence-corrected chi connectivity index (χ0v) is 13.4. The summed E-state index contributed by atoms with van der Waals surface area (Å²) >= 11 is 0. The number of benzene rings is 2. The van der Waals surface area contributed by atoms with Crippen molar-refractivity contribution in [1.82, 2.24) is 15.5 Å². The van der Waals surface area contributed by atoms with E-state index in [2.05, 4.69) is 15.5 Å². The van der Waals surface area contributed by atoms with Gasteiger partial charge in [0.15, 0.2) is 6.10 Å². The first-order valence-corrected chi connectivity index (χ1v) is 7.67. The van der Waals surface area contributed by atoms with Crippen molar-refractivity contribution in [3.63, 3.8) is 0 Å². The maximum absolute atomic E-state index is 13.3. The summed E-state index contributed by atoms with van der Waals surface area (Å²) < 4.78 is 18.4. The van der Waals surface area contributed by atoms with E-state index in [0.717, 1.165) is 0 Å². The second-order valence-electron chi connectivity index (χ2n) is 5.51. The van der Waals surface area contributed by atoms with E-state index in [1.165, 1.54) is 12.1 Å². The van der Waals surface area contributed by atoms with Gasteiger partial charge < -0.3 is 14.9 Å². The Kier molecular flexibility index (Phi) is 4.85. The second-order valence-corrected chi connectivity index (χ2v) is 5.51. The van der Waals surface area contributed by atoms with Crippen LogP contribution in [-0.2, 0) is 4.79 Å². The summed E-state index contributed by atoms with van der Waals surface area (Å²) in [4.78, 5) is 16.3. The van der Waals surface area contributed by atoms with E-state index < -0.39 is 23.9 Å². The minimum atomic E-state index is -1.30. The first kappa shape index (κ1) is 16.8. The van der Waals surface area contributed by atoms with Gasteiger partial charge in [-0.15, -0.1) is 0 Å². The van der Waals surface area contributed by atoms with Gasteiger partial charge in [0.05, 0.1) is 0 Å². The fourth-order valence-corrected chi connectivity index (χ4v) is 2.30. The van der Waals surface area contributed by atoms with Gasteiger partial charge in [0, 0.05) is 5.56 Å². The Morgan fingerprint density at radius 1 is 1.20 bits per heavy atom. The Morgan fingerprint density at radius 2 is 1.96 bits per heavy atom. The summed E-state index contributed by atoms with van der Waals surface area (Å²) in [5.74, 6) is -0.604. The van der Waals surface area contributed by atoms with Crippen LogP contribution in [0.4, 0.5) is 4.39 Å². The Hall–Kier alpha value is -3.06. The number of halogens is 1. The number of nitrogens with zero attached hydrogens (tertiary/aromatic N) is 2. The molecule has 0 fully saturated rings. The van der Waals surface area contributed by atoms with Gasteiger partial charge in [-0.3, -0.25) is 4.79 Å². The van der Waals surface area contributed by atoms with E-state index in [9.17, 15) is 14.3 Å². The highest BCUT2D eigenvalue weighted by molar-refractivity contribution is 5.82. The molecular formula is C18H16FN3O3. The van der Waals surface area contributed by atoms with E-state index in [0.29, 0.717) is 11.1 Å². The average Bonchev–Trinajstić information content (AvgIpc) is 3.12. The molecule has 0 aliphatic rings. The predicted molar refractivity (Wildman–Crippen MR) is 87.7 cm³/mol. The van der Waals surface area contributed by atoms with Crippen LogP contribution in [0.15, 0.2) is 59.1 Å². The maximum Gasteiger partial charge on any atom is 0.254 e. The molecule has 0 aliphatic carbocycles. The van der Waals surface area contributed by atoms with E-state index in [1.54, 1.807) is 49.4 Å². The Bertz CT molecular complexity index is 867. The highest BCUT2D eigenvalue weighted by Gasteiger charge is 2.22. The molecule has 2 unspecified atom stereocenters. The molecule has 0 saturated heterocycles. The van der Waals surface area contributed by atoms with Gasteiger partial charge in [-0.2, -0.15) is 4.98 Å². The lowest BCUT2D eigenvalue weighted by Gasteiger charge is -2.14. The molecule has 3 aromatic rings. The fourth-order valence-electron chi connectivity index (χ4n) is 2.30. The van der Waals surface area contributed by atoms with Crippen LogP contribution in [0.5, 0.6) is 0 Å². The van der Waals surface area contributed by atoms with E-state index in [-0.39, 0.29) is 11.7 Å². The van der Waals surface area contributed by atoms with Crippen LogP contribution in [-0.4, -0.2) is 21.2 Å². The third-order valence-electron chi connectivity index (χ3n) is 3.62. The van der Waals surface area contributed by atoms with Crippen molar-refractivity contribution in [1.29, 1.82) is 0 Å². The molecule has 1 amide bonds. The quantitative estimate of drug-likeness (QED) is 0.745. The molecule has 2 atom stereocenters. The third-order valence-corrected chi connectivity index (χ3v) is 3.62. The first-order chi connectivity index (χ1) is 12.0. The van der Waals surface area contributed by atoms with Crippen LogP contribution in [0.2, 0.25) is 0 Å². The molecular weight excluding hydrogens is 325 g/mol. The van der Waals surface area contributed by atoms with Gasteiger partial charge in [0.25, 0.3) is 5.91 Å². The molecule has 0 aliphatic heterocycles. The monoisotopic (exact) mass is 341 g/mol. The van der Waals surface area contributed by atoms with Crippen molar-refractivity contribution in [2.45, 2.75) is 19.1 Å². The lowest BCUT2D eigenvalue weighted by Crippen LogP contribution is -2.31. The van der Waals surface area contributed by atoms with Crippen molar-refractivity contribution in [3.8, 4) is 11.4 Å². The number of amides is 1. The van der Waals surface area contributed by atoms with E-state index in [1.807, 2.05) is 0 Å². The van der Waals surface area contributed by atoms with Gasteiger partial charge in [0.1, 0.15) is 11.9 Å². The number of nitrogens with one attached hydrogen (secondary N) is 1. The van der Waals surface area contributed by atoms with Crippen molar-refractivity contribution < 1.29 is 18.8 Å². The minimum absolute atomic E-state index is 0.160. The average molecular weight is 341 g/mol. The predicted octanol–water partition coefficient (Wildman–Crippen LogP) is 2.79. The van der Waals surface area contributed by atoms with E-state index >= 15 is 0 Å². The van der Waals surface area contributed by atoms with Gasteiger partial charge in [-0.1, -0.05) is 47.6 Å². The van der Waals surface area contributed by atoms with Crippen molar-refractivity contribution in [2.75, 3.05) is 0 Å². The Morgan fingerprint density at radius 3 is 2.68 bits per heavy atom. The summed E-state index contributed by atoms with van der Waals surface area (Å²) in [6.45, 7) is 1.65. The summed E-state index contributed by atoms with van der Waals surface area (Å²) in [7, 11) is 0. The molecule has 2 aromatic carbocycles. The van der Waals surface area contributed by atoms with Crippen LogP contribution in [0.3, 0.4) is 0 Å². The molecule has 6 nitrogen and oxygen atoms in total. The smallest absolute Gasteiger partial charge is 0.254 e.